The molecule has 0 unspecified atom stereocenters. The number of hydrogen-bond acceptors (Lipinski definition) is 3. The molecule has 0 aromatic rings. The molecule has 0 atom stereocenters. The van der Waals surface area contributed by atoms with Crippen molar-refractivity contribution in [3.05, 3.63) is 0 Å². The highest BCUT2D eigenvalue weighted by Gasteiger charge is 2.51. The second kappa shape index (κ2) is 4.89. The first-order valence-corrected chi connectivity index (χ1v) is 7.69. The summed E-state index contributed by atoms with van der Waals surface area (Å²) in [6, 6.07) is 0. The largest absolute Gasteiger partial charge is 0.444 e. The average Bonchev–Trinajstić information content (AvgIpc) is 2.66. The molecule has 2 rings (SSSR count). The van der Waals surface area contributed by atoms with Crippen molar-refractivity contribution in [2.75, 3.05) is 26.2 Å². The monoisotopic (exact) mass is 296 g/mol. The van der Waals surface area contributed by atoms with E-state index in [0.29, 0.717) is 13.1 Å². The van der Waals surface area contributed by atoms with E-state index < -0.39 is 5.60 Å². The van der Waals surface area contributed by atoms with E-state index in [1.807, 2.05) is 46.4 Å². The molecule has 0 aliphatic carbocycles. The predicted octanol–water partition coefficient (Wildman–Crippen LogP) is 2.50. The minimum Gasteiger partial charge on any atom is -0.444 e. The van der Waals surface area contributed by atoms with Crippen molar-refractivity contribution < 1.29 is 14.3 Å². The maximum absolute atomic E-state index is 12.3. The zero-order valence-electron chi connectivity index (χ0n) is 14.2. The van der Waals surface area contributed by atoms with E-state index in [1.165, 1.54) is 0 Å². The zero-order valence-corrected chi connectivity index (χ0v) is 14.2. The maximum atomic E-state index is 12.3. The Labute approximate surface area is 127 Å². The van der Waals surface area contributed by atoms with Gasteiger partial charge in [0, 0.05) is 37.0 Å². The Morgan fingerprint density at radius 1 is 0.952 bits per heavy atom. The van der Waals surface area contributed by atoms with Gasteiger partial charge in [0.15, 0.2) is 0 Å². The summed E-state index contributed by atoms with van der Waals surface area (Å²) >= 11 is 0. The van der Waals surface area contributed by atoms with Crippen LogP contribution in [0.4, 0.5) is 4.79 Å². The third kappa shape index (κ3) is 3.50. The summed E-state index contributed by atoms with van der Waals surface area (Å²) in [5, 5.41) is 0. The first kappa shape index (κ1) is 16.1. The molecule has 21 heavy (non-hydrogen) atoms. The summed E-state index contributed by atoms with van der Waals surface area (Å²) in [7, 11) is 0. The lowest BCUT2D eigenvalue weighted by molar-refractivity contribution is -0.139. The Morgan fingerprint density at radius 2 is 1.48 bits per heavy atom. The molecule has 2 amide bonds. The quantitative estimate of drug-likeness (QED) is 0.690. The minimum atomic E-state index is -0.455. The second-order valence-corrected chi connectivity index (χ2v) is 8.56. The molecule has 0 aromatic heterocycles. The standard InChI is InChI=1S/C16H28N2O3/c1-14(2,3)12(19)17-8-7-16(9-17)10-18(11-16)13(20)21-15(4,5)6/h7-11H2,1-6H3. The van der Waals surface area contributed by atoms with E-state index in [1.54, 1.807) is 4.90 Å². The highest BCUT2D eigenvalue weighted by Crippen LogP contribution is 2.41. The molecule has 2 aliphatic rings. The van der Waals surface area contributed by atoms with Crippen LogP contribution in [0.15, 0.2) is 0 Å². The average molecular weight is 296 g/mol. The topological polar surface area (TPSA) is 49.9 Å². The van der Waals surface area contributed by atoms with Crippen LogP contribution < -0.4 is 0 Å². The fraction of sp³-hybridized carbons (Fsp3) is 0.875. The van der Waals surface area contributed by atoms with Gasteiger partial charge in [-0.3, -0.25) is 4.79 Å². The van der Waals surface area contributed by atoms with Crippen molar-refractivity contribution in [1.29, 1.82) is 0 Å². The van der Waals surface area contributed by atoms with Crippen molar-refractivity contribution in [2.24, 2.45) is 10.8 Å². The fourth-order valence-corrected chi connectivity index (χ4v) is 3.06. The van der Waals surface area contributed by atoms with Crippen LogP contribution in [0.3, 0.4) is 0 Å². The molecule has 0 N–H and O–H groups in total. The number of hydrogen-bond donors (Lipinski definition) is 0. The lowest BCUT2D eigenvalue weighted by Crippen LogP contribution is -2.60. The van der Waals surface area contributed by atoms with Crippen molar-refractivity contribution >= 4 is 12.0 Å². The number of likely N-dealkylation sites (tertiary alicyclic amines) is 2. The smallest absolute Gasteiger partial charge is 0.410 e. The molecular weight excluding hydrogens is 268 g/mol. The van der Waals surface area contributed by atoms with Crippen molar-refractivity contribution in [3.63, 3.8) is 0 Å². The highest BCUT2D eigenvalue weighted by molar-refractivity contribution is 5.82. The van der Waals surface area contributed by atoms with Crippen molar-refractivity contribution in [3.8, 4) is 0 Å². The van der Waals surface area contributed by atoms with Crippen LogP contribution in [0, 0.1) is 10.8 Å². The first-order valence-electron chi connectivity index (χ1n) is 7.69. The van der Waals surface area contributed by atoms with E-state index in [-0.39, 0.29) is 22.8 Å². The molecule has 2 aliphatic heterocycles. The van der Waals surface area contributed by atoms with Gasteiger partial charge in [-0.2, -0.15) is 0 Å². The number of nitrogens with zero attached hydrogens (tertiary/aromatic N) is 2. The number of carbonyl (C=O) groups is 2. The zero-order chi connectivity index (χ0) is 16.1. The molecule has 120 valence electrons. The Balaban J connectivity index is 1.87. The Morgan fingerprint density at radius 3 is 1.95 bits per heavy atom. The number of rotatable bonds is 0. The van der Waals surface area contributed by atoms with Crippen LogP contribution in [-0.4, -0.2) is 53.6 Å². The maximum Gasteiger partial charge on any atom is 0.410 e. The van der Waals surface area contributed by atoms with E-state index in [0.717, 1.165) is 19.5 Å². The van der Waals surface area contributed by atoms with Crippen LogP contribution >= 0.6 is 0 Å². The van der Waals surface area contributed by atoms with Gasteiger partial charge in [-0.1, -0.05) is 20.8 Å². The van der Waals surface area contributed by atoms with Gasteiger partial charge in [0.25, 0.3) is 0 Å². The summed E-state index contributed by atoms with van der Waals surface area (Å²) in [5.74, 6) is 0.204. The third-order valence-electron chi connectivity index (χ3n) is 4.07. The normalized spacial score (nSPS) is 21.4. The number of ether oxygens (including phenoxy) is 1. The molecule has 0 bridgehead atoms. The van der Waals surface area contributed by atoms with Gasteiger partial charge in [0.2, 0.25) is 5.91 Å². The number of carbonyl (C=O) groups excluding carboxylic acids is 2. The molecule has 2 fully saturated rings. The second-order valence-electron chi connectivity index (χ2n) is 8.56. The van der Waals surface area contributed by atoms with Crippen molar-refractivity contribution in [2.45, 2.75) is 53.6 Å². The SMILES string of the molecule is CC(C)(C)OC(=O)N1CC2(CCN(C(=O)C(C)(C)C)C2)C1. The van der Waals surface area contributed by atoms with Gasteiger partial charge in [-0.15, -0.1) is 0 Å². The molecule has 1 spiro atoms. The summed E-state index contributed by atoms with van der Waals surface area (Å²) in [4.78, 5) is 28.0. The van der Waals surface area contributed by atoms with Crippen LogP contribution in [0.1, 0.15) is 48.0 Å². The molecule has 5 heteroatoms. The molecule has 5 nitrogen and oxygen atoms in total. The van der Waals surface area contributed by atoms with Gasteiger partial charge in [-0.25, -0.2) is 4.79 Å². The van der Waals surface area contributed by atoms with E-state index in [9.17, 15) is 9.59 Å². The van der Waals surface area contributed by atoms with Gasteiger partial charge in [0.1, 0.15) is 5.60 Å². The van der Waals surface area contributed by atoms with Gasteiger partial charge in [-0.05, 0) is 27.2 Å². The van der Waals surface area contributed by atoms with Crippen LogP contribution in [-0.2, 0) is 9.53 Å². The molecule has 2 heterocycles. The van der Waals surface area contributed by atoms with Gasteiger partial charge < -0.3 is 14.5 Å². The Kier molecular flexibility index (Phi) is 3.75. The lowest BCUT2D eigenvalue weighted by atomic mass is 9.79. The summed E-state index contributed by atoms with van der Waals surface area (Å²) in [6.07, 6.45) is 0.738. The molecule has 0 radical (unpaired) electrons. The molecule has 2 saturated heterocycles. The Bertz CT molecular complexity index is 439. The van der Waals surface area contributed by atoms with Crippen molar-refractivity contribution in [1.82, 2.24) is 9.80 Å². The minimum absolute atomic E-state index is 0.0951. The first-order chi connectivity index (χ1) is 9.42. The molecule has 0 saturated carbocycles. The van der Waals surface area contributed by atoms with Crippen LogP contribution in [0.2, 0.25) is 0 Å². The predicted molar refractivity (Wildman–Crippen MR) is 80.9 cm³/mol. The van der Waals surface area contributed by atoms with Gasteiger partial charge >= 0.3 is 6.09 Å². The van der Waals surface area contributed by atoms with Gasteiger partial charge in [0.05, 0.1) is 0 Å². The molecule has 0 aromatic carbocycles. The molecular formula is C16H28N2O3. The summed E-state index contributed by atoms with van der Waals surface area (Å²) in [6.45, 7) is 14.5. The van der Waals surface area contributed by atoms with E-state index in [4.69, 9.17) is 4.74 Å². The summed E-state index contributed by atoms with van der Waals surface area (Å²) < 4.78 is 5.38. The Hall–Kier alpha value is -1.26. The third-order valence-corrected chi connectivity index (χ3v) is 4.07. The van der Waals surface area contributed by atoms with E-state index in [2.05, 4.69) is 0 Å². The lowest BCUT2D eigenvalue weighted by Gasteiger charge is -2.47. The fourth-order valence-electron chi connectivity index (χ4n) is 3.06. The highest BCUT2D eigenvalue weighted by atomic mass is 16.6. The van der Waals surface area contributed by atoms with E-state index >= 15 is 0 Å². The number of amides is 2. The summed E-state index contributed by atoms with van der Waals surface area (Å²) in [5.41, 5.74) is -0.693. The van der Waals surface area contributed by atoms with Crippen LogP contribution in [0.5, 0.6) is 0 Å². The van der Waals surface area contributed by atoms with Crippen LogP contribution in [0.25, 0.3) is 0 Å².